The third-order valence-electron chi connectivity index (χ3n) is 3.19. The van der Waals surface area contributed by atoms with Crippen LogP contribution in [0.25, 0.3) is 0 Å². The Morgan fingerprint density at radius 2 is 1.54 bits per heavy atom. The molecule has 0 aliphatic rings. The Kier molecular flexibility index (Phi) is 5.56. The second-order valence-corrected chi connectivity index (χ2v) is 5.69. The Morgan fingerprint density at radius 3 is 1.96 bits per heavy atom. The molecule has 0 bridgehead atoms. The molecule has 0 amide bonds. The minimum atomic E-state index is -4.79. The van der Waals surface area contributed by atoms with E-state index < -0.39 is 65.1 Å². The summed E-state index contributed by atoms with van der Waals surface area (Å²) in [6, 6.07) is 0.789. The second-order valence-electron chi connectivity index (χ2n) is 4.90. The molecule has 0 aliphatic heterocycles. The first kappa shape index (κ1) is 21.0. The zero-order valence-corrected chi connectivity index (χ0v) is 14.4. The van der Waals surface area contributed by atoms with Gasteiger partial charge >= 0.3 is 23.2 Å². The third kappa shape index (κ3) is 4.01. The Labute approximate surface area is 161 Å². The van der Waals surface area contributed by atoms with Crippen molar-refractivity contribution in [2.45, 2.75) is 6.18 Å². The number of nitro groups is 3. The number of nitrogens with zero attached hydrogens (tertiary/aromatic N) is 4. The first-order valence-electron chi connectivity index (χ1n) is 6.64. The minimum Gasteiger partial charge on any atom is -0.328 e. The number of nitrogens with one attached hydrogen (secondary N) is 1. The molecule has 1 N–H and O–H groups in total. The quantitative estimate of drug-likeness (QED) is 0.508. The normalized spacial score (nSPS) is 11.2. The molecule has 1 aromatic heterocycles. The van der Waals surface area contributed by atoms with E-state index in [-0.39, 0.29) is 0 Å². The third-order valence-corrected chi connectivity index (χ3v) is 3.85. The van der Waals surface area contributed by atoms with Crippen molar-refractivity contribution in [2.75, 3.05) is 5.32 Å². The van der Waals surface area contributed by atoms with E-state index in [1.165, 1.54) is 0 Å². The van der Waals surface area contributed by atoms with Gasteiger partial charge < -0.3 is 5.32 Å². The zero-order valence-electron chi connectivity index (χ0n) is 12.9. The molecule has 16 heteroatoms. The van der Waals surface area contributed by atoms with Crippen molar-refractivity contribution in [3.63, 3.8) is 0 Å². The van der Waals surface area contributed by atoms with E-state index in [9.17, 15) is 43.5 Å². The molecule has 0 fully saturated rings. The number of rotatable bonds is 5. The van der Waals surface area contributed by atoms with Crippen LogP contribution < -0.4 is 5.32 Å². The number of alkyl halides is 3. The maximum Gasteiger partial charge on any atom is 0.417 e. The summed E-state index contributed by atoms with van der Waals surface area (Å²) in [6.45, 7) is 0. The van der Waals surface area contributed by atoms with Crippen LogP contribution in [0.3, 0.4) is 0 Å². The van der Waals surface area contributed by atoms with E-state index >= 15 is 0 Å². The molecule has 148 valence electrons. The van der Waals surface area contributed by atoms with Crippen LogP contribution in [0.4, 0.5) is 41.7 Å². The van der Waals surface area contributed by atoms with Crippen molar-refractivity contribution in [1.82, 2.24) is 4.98 Å². The van der Waals surface area contributed by atoms with E-state index in [0.29, 0.717) is 18.3 Å². The molecule has 0 saturated carbocycles. The van der Waals surface area contributed by atoms with Gasteiger partial charge in [0.25, 0.3) is 0 Å². The van der Waals surface area contributed by atoms with Gasteiger partial charge in [-0.05, 0) is 6.07 Å². The average Bonchev–Trinajstić information content (AvgIpc) is 2.54. The van der Waals surface area contributed by atoms with Crippen molar-refractivity contribution in [2.24, 2.45) is 0 Å². The van der Waals surface area contributed by atoms with Gasteiger partial charge in [0.2, 0.25) is 0 Å². The largest absolute Gasteiger partial charge is 0.417 e. The molecule has 0 aliphatic carbocycles. The number of hydrogen-bond donors (Lipinski definition) is 1. The number of aromatic nitrogens is 1. The summed E-state index contributed by atoms with van der Waals surface area (Å²) in [7, 11) is 0. The lowest BCUT2D eigenvalue weighted by atomic mass is 10.2. The lowest BCUT2D eigenvalue weighted by Crippen LogP contribution is -2.08. The van der Waals surface area contributed by atoms with Gasteiger partial charge in [0.1, 0.15) is 5.82 Å². The van der Waals surface area contributed by atoms with Crippen LogP contribution in [0.1, 0.15) is 5.56 Å². The van der Waals surface area contributed by atoms with Crippen LogP contribution >= 0.6 is 23.2 Å². The highest BCUT2D eigenvalue weighted by molar-refractivity contribution is 6.36. The number of halogens is 5. The van der Waals surface area contributed by atoms with Gasteiger partial charge in [-0.3, -0.25) is 30.3 Å². The fourth-order valence-corrected chi connectivity index (χ4v) is 2.49. The van der Waals surface area contributed by atoms with Crippen molar-refractivity contribution in [1.29, 1.82) is 0 Å². The van der Waals surface area contributed by atoms with Gasteiger partial charge in [0.15, 0.2) is 10.7 Å². The average molecular weight is 442 g/mol. The Bertz CT molecular complexity index is 1020. The summed E-state index contributed by atoms with van der Waals surface area (Å²) in [5.74, 6) is -0.606. The van der Waals surface area contributed by atoms with Crippen molar-refractivity contribution in [3.8, 4) is 0 Å². The van der Waals surface area contributed by atoms with Crippen LogP contribution in [-0.4, -0.2) is 19.8 Å². The summed E-state index contributed by atoms with van der Waals surface area (Å²) >= 11 is 11.3. The molecule has 0 saturated heterocycles. The minimum absolute atomic E-state index is 0.332. The van der Waals surface area contributed by atoms with E-state index in [4.69, 9.17) is 23.2 Å². The molecule has 28 heavy (non-hydrogen) atoms. The van der Waals surface area contributed by atoms with Gasteiger partial charge in [0, 0.05) is 6.20 Å². The standard InChI is InChI=1S/C12H4Cl2F3N5O6/c13-5-1-4(12(15,16)17)3-18-11(5)19-9-7(21(25)26)2-6(20(23)24)8(14)10(9)22(27)28/h1-3H,(H,18,19). The summed E-state index contributed by atoms with van der Waals surface area (Å²) in [6.07, 6.45) is -4.46. The van der Waals surface area contributed by atoms with E-state index in [1.807, 2.05) is 0 Å². The molecule has 0 radical (unpaired) electrons. The highest BCUT2D eigenvalue weighted by Gasteiger charge is 2.37. The number of hydrogen-bond acceptors (Lipinski definition) is 8. The van der Waals surface area contributed by atoms with Gasteiger partial charge in [-0.1, -0.05) is 23.2 Å². The lowest BCUT2D eigenvalue weighted by molar-refractivity contribution is -0.401. The molecule has 2 rings (SSSR count). The summed E-state index contributed by atoms with van der Waals surface area (Å²) in [5.41, 5.74) is -5.69. The van der Waals surface area contributed by atoms with Crippen LogP contribution in [-0.2, 0) is 6.18 Å². The van der Waals surface area contributed by atoms with Crippen LogP contribution in [0.5, 0.6) is 0 Å². The van der Waals surface area contributed by atoms with Crippen molar-refractivity contribution >= 4 is 51.8 Å². The van der Waals surface area contributed by atoms with Crippen LogP contribution in [0.2, 0.25) is 10.0 Å². The number of nitro benzene ring substituents is 3. The van der Waals surface area contributed by atoms with Gasteiger partial charge in [-0.2, -0.15) is 13.2 Å². The fraction of sp³-hybridized carbons (Fsp3) is 0.0833. The predicted octanol–water partition coefficient (Wildman–Crippen LogP) is 4.88. The molecule has 11 nitrogen and oxygen atoms in total. The summed E-state index contributed by atoms with van der Waals surface area (Å²) in [4.78, 5) is 33.2. The van der Waals surface area contributed by atoms with Crippen LogP contribution in [0, 0.1) is 30.3 Å². The second kappa shape index (κ2) is 7.40. The molecule has 1 aromatic carbocycles. The zero-order chi connectivity index (χ0) is 21.4. The van der Waals surface area contributed by atoms with Crippen molar-refractivity contribution < 1.29 is 27.9 Å². The topological polar surface area (TPSA) is 154 Å². The molecule has 1 heterocycles. The van der Waals surface area contributed by atoms with E-state index in [2.05, 4.69) is 10.3 Å². The van der Waals surface area contributed by atoms with Gasteiger partial charge in [0.05, 0.1) is 31.4 Å². The first-order chi connectivity index (χ1) is 12.8. The molecular weight excluding hydrogens is 438 g/mol. The van der Waals surface area contributed by atoms with Gasteiger partial charge in [-0.25, -0.2) is 4.98 Å². The highest BCUT2D eigenvalue weighted by Crippen LogP contribution is 2.47. The lowest BCUT2D eigenvalue weighted by Gasteiger charge is -2.12. The maximum absolute atomic E-state index is 12.7. The van der Waals surface area contributed by atoms with Gasteiger partial charge in [-0.15, -0.1) is 0 Å². The smallest absolute Gasteiger partial charge is 0.328 e. The Balaban J connectivity index is 2.72. The maximum atomic E-state index is 12.7. The number of benzene rings is 1. The number of pyridine rings is 1. The first-order valence-corrected chi connectivity index (χ1v) is 7.39. The van der Waals surface area contributed by atoms with Crippen LogP contribution in [0.15, 0.2) is 18.3 Å². The fourth-order valence-electron chi connectivity index (χ4n) is 1.99. The molecule has 0 atom stereocenters. The summed E-state index contributed by atoms with van der Waals surface area (Å²) < 4.78 is 38.0. The molecule has 0 unspecified atom stereocenters. The highest BCUT2D eigenvalue weighted by atomic mass is 35.5. The van der Waals surface area contributed by atoms with E-state index in [1.54, 1.807) is 0 Å². The van der Waals surface area contributed by atoms with Crippen molar-refractivity contribution in [3.05, 3.63) is 64.3 Å². The summed E-state index contributed by atoms with van der Waals surface area (Å²) in [5, 5.41) is 33.8. The monoisotopic (exact) mass is 441 g/mol. The number of anilines is 2. The SMILES string of the molecule is O=[N+]([O-])c1cc([N+](=O)[O-])c(Nc2ncc(C(F)(F)F)cc2Cl)c([N+](=O)[O-])c1Cl. The predicted molar refractivity (Wildman–Crippen MR) is 88.9 cm³/mol. The molecule has 2 aromatic rings. The molecule has 0 spiro atoms. The Morgan fingerprint density at radius 1 is 0.964 bits per heavy atom. The molecular formula is C12H4Cl2F3N5O6. The Hall–Kier alpha value is -3.26. The van der Waals surface area contributed by atoms with E-state index in [0.717, 1.165) is 0 Å².